The average molecular weight is 337 g/mol. The van der Waals surface area contributed by atoms with Gasteiger partial charge in [-0.25, -0.2) is 4.79 Å². The Kier molecular flexibility index (Phi) is 4.30. The van der Waals surface area contributed by atoms with E-state index in [1.165, 1.54) is 11.8 Å². The van der Waals surface area contributed by atoms with Gasteiger partial charge in [-0.2, -0.15) is 0 Å². The van der Waals surface area contributed by atoms with Crippen LogP contribution in [0.5, 0.6) is 0 Å². The van der Waals surface area contributed by atoms with Crippen molar-refractivity contribution in [2.45, 2.75) is 6.54 Å². The fourth-order valence-electron chi connectivity index (χ4n) is 3.04. The van der Waals surface area contributed by atoms with Crippen LogP contribution in [-0.2, 0) is 6.54 Å². The number of nitrogens with zero attached hydrogens (tertiary/aromatic N) is 4. The number of fused-ring (bicyclic) bond motifs is 1. The monoisotopic (exact) mass is 337 g/mol. The van der Waals surface area contributed by atoms with Gasteiger partial charge in [0.1, 0.15) is 6.26 Å². The molecule has 0 radical (unpaired) electrons. The topological polar surface area (TPSA) is 74.5 Å². The van der Waals surface area contributed by atoms with E-state index in [0.29, 0.717) is 18.9 Å². The minimum atomic E-state index is -0.138. The van der Waals surface area contributed by atoms with E-state index >= 15 is 0 Å². The summed E-state index contributed by atoms with van der Waals surface area (Å²) in [7, 11) is 0. The number of carbonyl (C=O) groups excluding carboxylic acids is 1. The second kappa shape index (κ2) is 6.90. The number of carbonyl (C=O) groups is 1. The third-order valence-electron chi connectivity index (χ3n) is 4.39. The molecule has 25 heavy (non-hydrogen) atoms. The van der Waals surface area contributed by atoms with E-state index in [9.17, 15) is 4.79 Å². The van der Waals surface area contributed by atoms with Crippen LogP contribution < -0.4 is 5.32 Å². The Morgan fingerprint density at radius 3 is 2.80 bits per heavy atom. The van der Waals surface area contributed by atoms with Gasteiger partial charge in [0.15, 0.2) is 5.82 Å². The highest BCUT2D eigenvalue weighted by molar-refractivity contribution is 5.88. The molecule has 0 atom stereocenters. The summed E-state index contributed by atoms with van der Waals surface area (Å²) in [4.78, 5) is 20.8. The molecule has 1 aliphatic rings. The molecule has 128 valence electrons. The first-order chi connectivity index (χ1) is 12.3. The van der Waals surface area contributed by atoms with Crippen molar-refractivity contribution in [3.05, 3.63) is 54.4 Å². The number of hydrogen-bond acceptors (Lipinski definition) is 5. The molecule has 0 unspecified atom stereocenters. The number of rotatable bonds is 3. The lowest BCUT2D eigenvalue weighted by Gasteiger charge is -2.34. The average Bonchev–Trinajstić information content (AvgIpc) is 3.15. The molecule has 7 heteroatoms. The zero-order chi connectivity index (χ0) is 17.1. The van der Waals surface area contributed by atoms with Crippen LogP contribution >= 0.6 is 0 Å². The maximum absolute atomic E-state index is 12.2. The minimum Gasteiger partial charge on any atom is -0.363 e. The molecule has 1 aromatic carbocycles. The highest BCUT2D eigenvalue weighted by Gasteiger charge is 2.21. The van der Waals surface area contributed by atoms with E-state index in [1.54, 1.807) is 11.0 Å². The van der Waals surface area contributed by atoms with Crippen LogP contribution in [0.2, 0.25) is 0 Å². The fraction of sp³-hybridized carbons (Fsp3) is 0.278. The summed E-state index contributed by atoms with van der Waals surface area (Å²) in [6.07, 6.45) is 3.37. The highest BCUT2D eigenvalue weighted by Crippen LogP contribution is 2.15. The molecule has 2 amide bonds. The Hall–Kier alpha value is -2.93. The van der Waals surface area contributed by atoms with Crippen LogP contribution in [0.25, 0.3) is 10.9 Å². The van der Waals surface area contributed by atoms with Crippen LogP contribution in [0, 0.1) is 0 Å². The third kappa shape index (κ3) is 3.61. The summed E-state index contributed by atoms with van der Waals surface area (Å²) >= 11 is 0. The zero-order valence-electron chi connectivity index (χ0n) is 13.8. The Bertz CT molecular complexity index is 857. The van der Waals surface area contributed by atoms with E-state index in [1.807, 2.05) is 24.4 Å². The van der Waals surface area contributed by atoms with Gasteiger partial charge in [-0.15, -0.1) is 0 Å². The number of piperazine rings is 1. The predicted octanol–water partition coefficient (Wildman–Crippen LogP) is 2.57. The van der Waals surface area contributed by atoms with Gasteiger partial charge >= 0.3 is 6.03 Å². The standard InChI is InChI=1S/C18H19N5O2/c24-18(20-17-5-10-25-21-17)23-8-6-22(7-9-23)13-14-11-15-3-1-2-4-16(15)19-12-14/h1-5,10-12H,6-9,13H2,(H,20,21,24). The number of aromatic nitrogens is 2. The summed E-state index contributed by atoms with van der Waals surface area (Å²) in [5, 5.41) is 7.58. The number of para-hydroxylation sites is 1. The van der Waals surface area contributed by atoms with Crippen molar-refractivity contribution in [1.82, 2.24) is 19.9 Å². The number of benzene rings is 1. The lowest BCUT2D eigenvalue weighted by Crippen LogP contribution is -2.49. The second-order valence-electron chi connectivity index (χ2n) is 6.11. The molecule has 1 saturated heterocycles. The van der Waals surface area contributed by atoms with Crippen molar-refractivity contribution < 1.29 is 9.32 Å². The van der Waals surface area contributed by atoms with E-state index in [0.717, 1.165) is 30.5 Å². The van der Waals surface area contributed by atoms with Gasteiger partial charge in [0.05, 0.1) is 5.52 Å². The maximum atomic E-state index is 12.2. The molecular weight excluding hydrogens is 318 g/mol. The van der Waals surface area contributed by atoms with Gasteiger partial charge < -0.3 is 9.42 Å². The normalized spacial score (nSPS) is 15.4. The van der Waals surface area contributed by atoms with Gasteiger partial charge in [-0.3, -0.25) is 15.2 Å². The van der Waals surface area contributed by atoms with Gasteiger partial charge in [0, 0.05) is 50.4 Å². The van der Waals surface area contributed by atoms with Crippen LogP contribution in [0.15, 0.2) is 53.4 Å². The smallest absolute Gasteiger partial charge is 0.323 e. The van der Waals surface area contributed by atoms with E-state index < -0.39 is 0 Å². The molecule has 2 aromatic heterocycles. The molecule has 1 N–H and O–H groups in total. The van der Waals surface area contributed by atoms with Gasteiger partial charge in [-0.05, 0) is 17.7 Å². The Morgan fingerprint density at radius 1 is 1.16 bits per heavy atom. The van der Waals surface area contributed by atoms with Crippen molar-refractivity contribution in [3.8, 4) is 0 Å². The molecule has 3 aromatic rings. The summed E-state index contributed by atoms with van der Waals surface area (Å²) in [5.41, 5.74) is 2.21. The Balaban J connectivity index is 1.32. The van der Waals surface area contributed by atoms with Crippen molar-refractivity contribution >= 4 is 22.8 Å². The van der Waals surface area contributed by atoms with Gasteiger partial charge in [0.2, 0.25) is 0 Å². The SMILES string of the molecule is O=C(Nc1ccon1)N1CCN(Cc2cnc3ccccc3c2)CC1. The van der Waals surface area contributed by atoms with E-state index in [-0.39, 0.29) is 6.03 Å². The van der Waals surface area contributed by atoms with E-state index in [4.69, 9.17) is 4.52 Å². The zero-order valence-corrected chi connectivity index (χ0v) is 13.8. The minimum absolute atomic E-state index is 0.138. The molecule has 0 bridgehead atoms. The number of hydrogen-bond donors (Lipinski definition) is 1. The summed E-state index contributed by atoms with van der Waals surface area (Å²) in [6.45, 7) is 3.88. The molecule has 0 saturated carbocycles. The maximum Gasteiger partial charge on any atom is 0.323 e. The van der Waals surface area contributed by atoms with Crippen LogP contribution in [-0.4, -0.2) is 52.2 Å². The largest absolute Gasteiger partial charge is 0.363 e. The fourth-order valence-corrected chi connectivity index (χ4v) is 3.04. The number of anilines is 1. The quantitative estimate of drug-likeness (QED) is 0.795. The number of pyridine rings is 1. The summed E-state index contributed by atoms with van der Waals surface area (Å²) in [6, 6.07) is 11.8. The molecule has 1 aliphatic heterocycles. The molecular formula is C18H19N5O2. The molecule has 4 rings (SSSR count). The molecule has 1 fully saturated rings. The first-order valence-corrected chi connectivity index (χ1v) is 8.30. The van der Waals surface area contributed by atoms with Crippen molar-refractivity contribution in [1.29, 1.82) is 0 Å². The molecule has 7 nitrogen and oxygen atoms in total. The third-order valence-corrected chi connectivity index (χ3v) is 4.39. The van der Waals surface area contributed by atoms with Gasteiger partial charge in [0.25, 0.3) is 0 Å². The molecule has 0 aliphatic carbocycles. The van der Waals surface area contributed by atoms with E-state index in [2.05, 4.69) is 32.5 Å². The van der Waals surface area contributed by atoms with Crippen LogP contribution in [0.3, 0.4) is 0 Å². The van der Waals surface area contributed by atoms with Crippen molar-refractivity contribution in [3.63, 3.8) is 0 Å². The second-order valence-corrected chi connectivity index (χ2v) is 6.11. The first kappa shape index (κ1) is 15.6. The number of urea groups is 1. The first-order valence-electron chi connectivity index (χ1n) is 8.30. The van der Waals surface area contributed by atoms with Crippen molar-refractivity contribution in [2.75, 3.05) is 31.5 Å². The number of nitrogens with one attached hydrogen (secondary N) is 1. The summed E-state index contributed by atoms with van der Waals surface area (Å²) in [5.74, 6) is 0.440. The van der Waals surface area contributed by atoms with Gasteiger partial charge in [-0.1, -0.05) is 23.4 Å². The van der Waals surface area contributed by atoms with Crippen LogP contribution in [0.4, 0.5) is 10.6 Å². The Labute approximate surface area is 145 Å². The summed E-state index contributed by atoms with van der Waals surface area (Å²) < 4.78 is 4.72. The lowest BCUT2D eigenvalue weighted by atomic mass is 10.1. The molecule has 0 spiro atoms. The van der Waals surface area contributed by atoms with Crippen molar-refractivity contribution in [2.24, 2.45) is 0 Å². The number of amides is 2. The Morgan fingerprint density at radius 2 is 2.00 bits per heavy atom. The predicted molar refractivity (Wildman–Crippen MR) is 94.1 cm³/mol. The highest BCUT2D eigenvalue weighted by atomic mass is 16.5. The lowest BCUT2D eigenvalue weighted by molar-refractivity contribution is 0.143. The molecule has 3 heterocycles. The van der Waals surface area contributed by atoms with Crippen LogP contribution in [0.1, 0.15) is 5.56 Å².